The molecule has 0 bridgehead atoms. The quantitative estimate of drug-likeness (QED) is 0.736. The average molecular weight is 389 g/mol. The van der Waals surface area contributed by atoms with Crippen molar-refractivity contribution in [2.45, 2.75) is 31.0 Å². The van der Waals surface area contributed by atoms with Crippen molar-refractivity contribution in [2.24, 2.45) is 11.8 Å². The maximum atomic E-state index is 13.4. The third kappa shape index (κ3) is 4.04. The van der Waals surface area contributed by atoms with E-state index in [1.807, 2.05) is 0 Å². The predicted molar refractivity (Wildman–Crippen MR) is 101 cm³/mol. The van der Waals surface area contributed by atoms with Gasteiger partial charge in [0.05, 0.1) is 11.7 Å². The number of phenols is 1. The zero-order valence-corrected chi connectivity index (χ0v) is 15.6. The summed E-state index contributed by atoms with van der Waals surface area (Å²) in [6, 6.07) is 10.4. The molecule has 3 N–H and O–H groups in total. The summed E-state index contributed by atoms with van der Waals surface area (Å²) >= 11 is 0. The number of phenolic OH excluding ortho intramolecular Hbond substituents is 1. The summed E-state index contributed by atoms with van der Waals surface area (Å²) in [4.78, 5) is 2.21. The monoisotopic (exact) mass is 389 g/mol. The number of benzene rings is 2. The second kappa shape index (κ2) is 7.43. The molecule has 2 fully saturated rings. The first kappa shape index (κ1) is 19.3. The summed E-state index contributed by atoms with van der Waals surface area (Å²) in [5.74, 6) is -0.910. The number of nitrogens with zero attached hydrogens (tertiary/aromatic N) is 1. The fraction of sp³-hybridized carbons (Fsp3) is 0.455. The molecule has 0 spiro atoms. The third-order valence-corrected chi connectivity index (χ3v) is 6.16. The van der Waals surface area contributed by atoms with E-state index in [1.54, 1.807) is 24.3 Å². The van der Waals surface area contributed by atoms with Crippen LogP contribution in [0.1, 0.15) is 30.1 Å². The van der Waals surface area contributed by atoms with Crippen LogP contribution in [0.3, 0.4) is 0 Å². The summed E-state index contributed by atoms with van der Waals surface area (Å²) in [5.41, 5.74) is 0.493. The molecule has 0 amide bonds. The second-order valence-electron chi connectivity index (χ2n) is 8.40. The van der Waals surface area contributed by atoms with Crippen molar-refractivity contribution in [2.75, 3.05) is 19.6 Å². The Balaban J connectivity index is 1.33. The minimum absolute atomic E-state index is 0.173. The minimum Gasteiger partial charge on any atom is -0.508 e. The van der Waals surface area contributed by atoms with Crippen LogP contribution in [0.2, 0.25) is 0 Å². The molecule has 28 heavy (non-hydrogen) atoms. The van der Waals surface area contributed by atoms with Crippen LogP contribution >= 0.6 is 0 Å². The van der Waals surface area contributed by atoms with E-state index in [4.69, 9.17) is 0 Å². The summed E-state index contributed by atoms with van der Waals surface area (Å²) in [7, 11) is 0. The Morgan fingerprint density at radius 3 is 2.25 bits per heavy atom. The molecule has 3 unspecified atom stereocenters. The number of likely N-dealkylation sites (tertiary alicyclic amines) is 1. The number of hydrogen-bond donors (Lipinski definition) is 3. The van der Waals surface area contributed by atoms with Gasteiger partial charge in [0.25, 0.3) is 0 Å². The van der Waals surface area contributed by atoms with Crippen LogP contribution < -0.4 is 0 Å². The van der Waals surface area contributed by atoms with Gasteiger partial charge in [0.2, 0.25) is 0 Å². The maximum absolute atomic E-state index is 13.4. The standard InChI is InChI=1S/C22H25F2NO3/c23-19-6-1-14(7-20(19)24)8-22(28)9-16-11-25(12-17(16)10-22)13-21(27)15-2-4-18(26)5-3-15/h1-7,16-17,21,26-28H,8-13H2. The normalized spacial score (nSPS) is 28.4. The van der Waals surface area contributed by atoms with Gasteiger partial charge < -0.3 is 15.3 Å². The Morgan fingerprint density at radius 2 is 1.64 bits per heavy atom. The Labute approximate surface area is 163 Å². The van der Waals surface area contributed by atoms with Gasteiger partial charge in [0.1, 0.15) is 5.75 Å². The van der Waals surface area contributed by atoms with Crippen LogP contribution in [0.4, 0.5) is 8.78 Å². The Morgan fingerprint density at radius 1 is 1.00 bits per heavy atom. The number of aliphatic hydroxyl groups excluding tert-OH is 1. The molecule has 1 heterocycles. The summed E-state index contributed by atoms with van der Waals surface area (Å²) < 4.78 is 26.6. The van der Waals surface area contributed by atoms with Gasteiger partial charge in [-0.3, -0.25) is 4.90 Å². The van der Waals surface area contributed by atoms with Gasteiger partial charge in [0, 0.05) is 26.1 Å². The lowest BCUT2D eigenvalue weighted by molar-refractivity contribution is 0.0327. The first-order valence-electron chi connectivity index (χ1n) is 9.67. The SMILES string of the molecule is Oc1ccc(C(O)CN2CC3CC(O)(Cc4ccc(F)c(F)c4)CC3C2)cc1. The Bertz CT molecular complexity index is 828. The van der Waals surface area contributed by atoms with Crippen molar-refractivity contribution in [3.05, 3.63) is 65.2 Å². The first-order chi connectivity index (χ1) is 13.3. The van der Waals surface area contributed by atoms with Gasteiger partial charge in [0.15, 0.2) is 11.6 Å². The van der Waals surface area contributed by atoms with Gasteiger partial charge in [-0.15, -0.1) is 0 Å². The number of β-amino-alcohol motifs (C(OH)–C–C–N with tert-alkyl or cyclic N) is 1. The molecule has 3 atom stereocenters. The largest absolute Gasteiger partial charge is 0.508 e. The van der Waals surface area contributed by atoms with Crippen LogP contribution in [-0.2, 0) is 6.42 Å². The van der Waals surface area contributed by atoms with E-state index in [2.05, 4.69) is 4.90 Å². The smallest absolute Gasteiger partial charge is 0.159 e. The number of aromatic hydroxyl groups is 1. The van der Waals surface area contributed by atoms with Gasteiger partial charge in [-0.05, 0) is 60.1 Å². The van der Waals surface area contributed by atoms with Gasteiger partial charge >= 0.3 is 0 Å². The highest BCUT2D eigenvalue weighted by molar-refractivity contribution is 5.27. The molecule has 1 saturated carbocycles. The zero-order chi connectivity index (χ0) is 19.9. The zero-order valence-electron chi connectivity index (χ0n) is 15.6. The second-order valence-corrected chi connectivity index (χ2v) is 8.40. The molecule has 1 aliphatic heterocycles. The highest BCUT2D eigenvalue weighted by Gasteiger charge is 2.48. The predicted octanol–water partition coefficient (Wildman–Crippen LogP) is 3.02. The van der Waals surface area contributed by atoms with Crippen LogP contribution in [-0.4, -0.2) is 45.5 Å². The minimum atomic E-state index is -0.888. The van der Waals surface area contributed by atoms with E-state index in [9.17, 15) is 24.1 Å². The van der Waals surface area contributed by atoms with Gasteiger partial charge in [-0.1, -0.05) is 18.2 Å². The van der Waals surface area contributed by atoms with E-state index in [0.29, 0.717) is 43.2 Å². The van der Waals surface area contributed by atoms with Crippen LogP contribution in [0.5, 0.6) is 5.75 Å². The molecule has 0 aromatic heterocycles. The molecule has 4 rings (SSSR count). The van der Waals surface area contributed by atoms with Gasteiger partial charge in [-0.25, -0.2) is 8.78 Å². The number of aliphatic hydroxyl groups is 2. The lowest BCUT2D eigenvalue weighted by Crippen LogP contribution is -2.33. The summed E-state index contributed by atoms with van der Waals surface area (Å²) in [6.45, 7) is 2.12. The molecule has 6 heteroatoms. The molecular formula is C22H25F2NO3. The van der Waals surface area contributed by atoms with E-state index < -0.39 is 23.3 Å². The Kier molecular flexibility index (Phi) is 5.12. The number of halogens is 2. The molecule has 4 nitrogen and oxygen atoms in total. The van der Waals surface area contributed by atoms with E-state index in [0.717, 1.165) is 24.7 Å². The lowest BCUT2D eigenvalue weighted by atomic mass is 9.91. The number of rotatable bonds is 5. The van der Waals surface area contributed by atoms with Crippen molar-refractivity contribution >= 4 is 0 Å². The van der Waals surface area contributed by atoms with Crippen molar-refractivity contribution in [1.29, 1.82) is 0 Å². The molecule has 2 aliphatic rings. The van der Waals surface area contributed by atoms with Crippen LogP contribution in [0.25, 0.3) is 0 Å². The highest BCUT2D eigenvalue weighted by Crippen LogP contribution is 2.45. The van der Waals surface area contributed by atoms with E-state index >= 15 is 0 Å². The van der Waals surface area contributed by atoms with E-state index in [1.165, 1.54) is 12.1 Å². The molecule has 1 aliphatic carbocycles. The molecular weight excluding hydrogens is 364 g/mol. The average Bonchev–Trinajstić information content (AvgIpc) is 3.12. The number of fused-ring (bicyclic) bond motifs is 1. The van der Waals surface area contributed by atoms with Crippen molar-refractivity contribution in [3.8, 4) is 5.75 Å². The first-order valence-corrected chi connectivity index (χ1v) is 9.67. The lowest BCUT2D eigenvalue weighted by Gasteiger charge is -2.27. The van der Waals surface area contributed by atoms with Crippen molar-refractivity contribution in [1.82, 2.24) is 4.90 Å². The van der Waals surface area contributed by atoms with E-state index in [-0.39, 0.29) is 5.75 Å². The maximum Gasteiger partial charge on any atom is 0.159 e. The van der Waals surface area contributed by atoms with Crippen LogP contribution in [0.15, 0.2) is 42.5 Å². The van der Waals surface area contributed by atoms with Crippen molar-refractivity contribution < 1.29 is 24.1 Å². The molecule has 150 valence electrons. The summed E-state index contributed by atoms with van der Waals surface area (Å²) in [6.07, 6.45) is 0.957. The van der Waals surface area contributed by atoms with Crippen molar-refractivity contribution in [3.63, 3.8) is 0 Å². The third-order valence-electron chi connectivity index (χ3n) is 6.16. The fourth-order valence-corrected chi connectivity index (χ4v) is 4.93. The Hall–Kier alpha value is -2.02. The topological polar surface area (TPSA) is 63.9 Å². The molecule has 2 aromatic carbocycles. The molecule has 0 radical (unpaired) electrons. The van der Waals surface area contributed by atoms with Crippen LogP contribution in [0, 0.1) is 23.5 Å². The summed E-state index contributed by atoms with van der Waals surface area (Å²) in [5, 5.41) is 30.8. The molecule has 1 saturated heterocycles. The highest BCUT2D eigenvalue weighted by atomic mass is 19.2. The number of hydrogen-bond acceptors (Lipinski definition) is 4. The van der Waals surface area contributed by atoms with Gasteiger partial charge in [-0.2, -0.15) is 0 Å². The fourth-order valence-electron chi connectivity index (χ4n) is 4.93. The molecule has 2 aromatic rings.